The number of anilines is 1. The van der Waals surface area contributed by atoms with Gasteiger partial charge in [0.1, 0.15) is 10.8 Å². The van der Waals surface area contributed by atoms with E-state index in [4.69, 9.17) is 21.7 Å². The van der Waals surface area contributed by atoms with E-state index in [-0.39, 0.29) is 12.0 Å². The van der Waals surface area contributed by atoms with Crippen LogP contribution in [0.2, 0.25) is 0 Å². The Kier molecular flexibility index (Phi) is 6.91. The molecule has 5 nitrogen and oxygen atoms in total. The SMILES string of the molecule is CCOC(=O)c1c(NC(=S)NC(C)c2cccc(OC)c2)sc2c1CCCC2. The summed E-state index contributed by atoms with van der Waals surface area (Å²) in [6, 6.07) is 7.87. The van der Waals surface area contributed by atoms with Gasteiger partial charge in [0, 0.05) is 4.88 Å². The van der Waals surface area contributed by atoms with E-state index < -0.39 is 0 Å². The molecule has 2 N–H and O–H groups in total. The van der Waals surface area contributed by atoms with Crippen LogP contribution in [-0.4, -0.2) is 24.8 Å². The first-order chi connectivity index (χ1) is 13.5. The Bertz CT molecular complexity index is 863. The molecule has 0 saturated carbocycles. The van der Waals surface area contributed by atoms with Gasteiger partial charge < -0.3 is 20.1 Å². The molecule has 0 amide bonds. The maximum Gasteiger partial charge on any atom is 0.341 e. The number of thiophene rings is 1. The minimum Gasteiger partial charge on any atom is -0.497 e. The molecule has 7 heteroatoms. The molecule has 0 saturated heterocycles. The molecule has 0 fully saturated rings. The van der Waals surface area contributed by atoms with Crippen LogP contribution >= 0.6 is 23.6 Å². The highest BCUT2D eigenvalue weighted by Gasteiger charge is 2.27. The van der Waals surface area contributed by atoms with Crippen molar-refractivity contribution in [2.24, 2.45) is 0 Å². The summed E-state index contributed by atoms with van der Waals surface area (Å²) < 4.78 is 10.6. The Morgan fingerprint density at radius 2 is 2.11 bits per heavy atom. The van der Waals surface area contributed by atoms with Crippen LogP contribution < -0.4 is 15.4 Å². The third-order valence-corrected chi connectivity index (χ3v) is 6.25. The molecule has 0 spiro atoms. The fourth-order valence-electron chi connectivity index (χ4n) is 3.40. The Labute approximate surface area is 175 Å². The minimum atomic E-state index is -0.270. The number of hydrogen-bond donors (Lipinski definition) is 2. The zero-order valence-electron chi connectivity index (χ0n) is 16.5. The molecule has 1 aliphatic rings. The van der Waals surface area contributed by atoms with Crippen LogP contribution in [0.4, 0.5) is 5.00 Å². The van der Waals surface area contributed by atoms with Gasteiger partial charge in [0.15, 0.2) is 5.11 Å². The number of rotatable bonds is 6. The molecule has 150 valence electrons. The van der Waals surface area contributed by atoms with Gasteiger partial charge in [0.2, 0.25) is 0 Å². The molecule has 1 aromatic carbocycles. The molecule has 1 heterocycles. The van der Waals surface area contributed by atoms with E-state index >= 15 is 0 Å². The number of ether oxygens (including phenoxy) is 2. The topological polar surface area (TPSA) is 59.6 Å². The fraction of sp³-hybridized carbons (Fsp3) is 0.429. The summed E-state index contributed by atoms with van der Waals surface area (Å²) in [5.41, 5.74) is 2.85. The van der Waals surface area contributed by atoms with Crippen molar-refractivity contribution < 1.29 is 14.3 Å². The van der Waals surface area contributed by atoms with Gasteiger partial charge in [0.05, 0.1) is 25.3 Å². The van der Waals surface area contributed by atoms with Crippen LogP contribution in [0.1, 0.15) is 59.1 Å². The lowest BCUT2D eigenvalue weighted by Crippen LogP contribution is -2.31. The number of methoxy groups -OCH3 is 1. The lowest BCUT2D eigenvalue weighted by molar-refractivity contribution is 0.0526. The molecule has 1 atom stereocenters. The van der Waals surface area contributed by atoms with Crippen molar-refractivity contribution in [2.45, 2.75) is 45.6 Å². The Balaban J connectivity index is 1.76. The second kappa shape index (κ2) is 9.39. The summed E-state index contributed by atoms with van der Waals surface area (Å²) in [5.74, 6) is 0.536. The second-order valence-corrected chi connectivity index (χ2v) is 8.25. The molecule has 0 bridgehead atoms. The number of fused-ring (bicyclic) bond motifs is 1. The van der Waals surface area contributed by atoms with Crippen molar-refractivity contribution in [3.8, 4) is 5.75 Å². The third-order valence-electron chi connectivity index (χ3n) is 4.82. The van der Waals surface area contributed by atoms with Gasteiger partial charge >= 0.3 is 5.97 Å². The van der Waals surface area contributed by atoms with Gasteiger partial charge in [-0.1, -0.05) is 12.1 Å². The quantitative estimate of drug-likeness (QED) is 0.516. The summed E-state index contributed by atoms with van der Waals surface area (Å²) in [4.78, 5) is 13.8. The Morgan fingerprint density at radius 1 is 1.32 bits per heavy atom. The smallest absolute Gasteiger partial charge is 0.341 e. The zero-order valence-corrected chi connectivity index (χ0v) is 18.1. The third kappa shape index (κ3) is 4.64. The van der Waals surface area contributed by atoms with E-state index in [1.54, 1.807) is 18.4 Å². The maximum absolute atomic E-state index is 12.6. The van der Waals surface area contributed by atoms with Gasteiger partial charge in [-0.2, -0.15) is 0 Å². The van der Waals surface area contributed by atoms with Gasteiger partial charge in [-0.15, -0.1) is 11.3 Å². The molecule has 1 aliphatic carbocycles. The molecule has 1 unspecified atom stereocenters. The Morgan fingerprint density at radius 3 is 2.86 bits per heavy atom. The highest BCUT2D eigenvalue weighted by atomic mass is 32.1. The van der Waals surface area contributed by atoms with Crippen LogP contribution in [0.5, 0.6) is 5.75 Å². The fourth-order valence-corrected chi connectivity index (χ4v) is 5.03. The number of nitrogens with one attached hydrogen (secondary N) is 2. The molecule has 0 aliphatic heterocycles. The summed E-state index contributed by atoms with van der Waals surface area (Å²) >= 11 is 7.14. The number of aryl methyl sites for hydroxylation is 1. The summed E-state index contributed by atoms with van der Waals surface area (Å²) in [6.45, 7) is 4.22. The minimum absolute atomic E-state index is 0.00395. The Hall–Kier alpha value is -2.12. The first kappa shape index (κ1) is 20.6. The highest BCUT2D eigenvalue weighted by molar-refractivity contribution is 7.80. The first-order valence-electron chi connectivity index (χ1n) is 9.56. The number of carbonyl (C=O) groups is 1. The second-order valence-electron chi connectivity index (χ2n) is 6.73. The number of esters is 1. The molecular weight excluding hydrogens is 392 g/mol. The standard InChI is InChI=1S/C21H26N2O3S2/c1-4-26-20(24)18-16-10-5-6-11-17(16)28-19(18)23-21(27)22-13(2)14-8-7-9-15(12-14)25-3/h7-9,12-13H,4-6,10-11H2,1-3H3,(H2,22,23,27). The van der Waals surface area contributed by atoms with E-state index in [1.165, 1.54) is 4.88 Å². The lowest BCUT2D eigenvalue weighted by atomic mass is 9.95. The van der Waals surface area contributed by atoms with Crippen LogP contribution in [-0.2, 0) is 17.6 Å². The summed E-state index contributed by atoms with van der Waals surface area (Å²) in [7, 11) is 1.65. The van der Waals surface area contributed by atoms with Crippen molar-refractivity contribution >= 4 is 39.6 Å². The highest BCUT2D eigenvalue weighted by Crippen LogP contribution is 2.38. The largest absolute Gasteiger partial charge is 0.497 e. The van der Waals surface area contributed by atoms with Crippen molar-refractivity contribution in [3.63, 3.8) is 0 Å². The molecule has 0 radical (unpaired) electrons. The molecule has 3 rings (SSSR count). The van der Waals surface area contributed by atoms with Gasteiger partial charge in [-0.25, -0.2) is 4.79 Å². The van der Waals surface area contributed by atoms with Gasteiger partial charge in [-0.3, -0.25) is 0 Å². The van der Waals surface area contributed by atoms with E-state index in [0.29, 0.717) is 17.3 Å². The zero-order chi connectivity index (χ0) is 20.1. The lowest BCUT2D eigenvalue weighted by Gasteiger charge is -2.18. The average molecular weight is 419 g/mol. The van der Waals surface area contributed by atoms with Crippen molar-refractivity contribution in [1.29, 1.82) is 0 Å². The predicted molar refractivity (Wildman–Crippen MR) is 118 cm³/mol. The van der Waals surface area contributed by atoms with Crippen molar-refractivity contribution in [1.82, 2.24) is 5.32 Å². The average Bonchev–Trinajstić information content (AvgIpc) is 3.05. The van der Waals surface area contributed by atoms with E-state index in [0.717, 1.165) is 47.6 Å². The molecule has 28 heavy (non-hydrogen) atoms. The van der Waals surface area contributed by atoms with Crippen LogP contribution in [0.3, 0.4) is 0 Å². The first-order valence-corrected chi connectivity index (χ1v) is 10.8. The van der Waals surface area contributed by atoms with Crippen molar-refractivity contribution in [3.05, 3.63) is 45.8 Å². The van der Waals surface area contributed by atoms with Crippen LogP contribution in [0.25, 0.3) is 0 Å². The van der Waals surface area contributed by atoms with Crippen LogP contribution in [0, 0.1) is 0 Å². The van der Waals surface area contributed by atoms with Gasteiger partial charge in [-0.05, 0) is 75.0 Å². The van der Waals surface area contributed by atoms with E-state index in [2.05, 4.69) is 10.6 Å². The number of thiocarbonyl (C=S) groups is 1. The predicted octanol–water partition coefficient (Wildman–Crippen LogP) is 4.86. The van der Waals surface area contributed by atoms with Crippen LogP contribution in [0.15, 0.2) is 24.3 Å². The summed E-state index contributed by atoms with van der Waals surface area (Å²) in [5, 5.41) is 7.80. The monoisotopic (exact) mass is 418 g/mol. The number of carbonyl (C=O) groups excluding carboxylic acids is 1. The maximum atomic E-state index is 12.6. The van der Waals surface area contributed by atoms with E-state index in [9.17, 15) is 4.79 Å². The number of hydrogen-bond acceptors (Lipinski definition) is 5. The molecular formula is C21H26N2O3S2. The number of benzene rings is 1. The molecule has 2 aromatic rings. The van der Waals surface area contributed by atoms with E-state index in [1.807, 2.05) is 38.1 Å². The van der Waals surface area contributed by atoms with Crippen molar-refractivity contribution in [2.75, 3.05) is 19.0 Å². The van der Waals surface area contributed by atoms with Gasteiger partial charge in [0.25, 0.3) is 0 Å². The normalized spacial score (nSPS) is 14.0. The summed E-state index contributed by atoms with van der Waals surface area (Å²) in [6.07, 6.45) is 4.19. The molecule has 1 aromatic heterocycles.